The molecule has 1 nitrogen and oxygen atoms in total. The summed E-state index contributed by atoms with van der Waals surface area (Å²) in [5.41, 5.74) is 5.01. The summed E-state index contributed by atoms with van der Waals surface area (Å²) < 4.78 is 1.12. The van der Waals surface area contributed by atoms with Crippen LogP contribution in [0.3, 0.4) is 0 Å². The highest BCUT2D eigenvalue weighted by Gasteiger charge is 2.06. The normalized spacial score (nSPS) is 13.0. The van der Waals surface area contributed by atoms with Crippen LogP contribution < -0.4 is 5.32 Å². The van der Waals surface area contributed by atoms with Crippen molar-refractivity contribution in [3.8, 4) is 0 Å². The number of para-hydroxylation sites is 1. The fourth-order valence-electron chi connectivity index (χ4n) is 2.06. The van der Waals surface area contributed by atoms with Gasteiger partial charge in [0.1, 0.15) is 0 Å². The van der Waals surface area contributed by atoms with E-state index in [-0.39, 0.29) is 0 Å². The van der Waals surface area contributed by atoms with Crippen LogP contribution >= 0.6 is 15.9 Å². The Morgan fingerprint density at radius 1 is 0.941 bits per heavy atom. The van der Waals surface area contributed by atoms with Gasteiger partial charge in [-0.3, -0.25) is 0 Å². The summed E-state index contributed by atoms with van der Waals surface area (Å²) >= 11 is 3.51. The maximum absolute atomic E-state index is 3.51. The van der Waals surface area contributed by atoms with Gasteiger partial charge in [0.05, 0.1) is 0 Å². The van der Waals surface area contributed by atoms with Crippen molar-refractivity contribution in [3.63, 3.8) is 0 Å². The molecule has 2 aromatic carbocycles. The molecule has 0 fully saturated rings. The maximum atomic E-state index is 3.51. The zero-order chi connectivity index (χ0) is 11.7. The first-order chi connectivity index (χ1) is 8.33. The van der Waals surface area contributed by atoms with Crippen molar-refractivity contribution in [2.24, 2.45) is 0 Å². The van der Waals surface area contributed by atoms with Crippen molar-refractivity contribution >= 4 is 33.8 Å². The highest BCUT2D eigenvalue weighted by molar-refractivity contribution is 9.10. The van der Waals surface area contributed by atoms with Crippen LogP contribution in [0, 0.1) is 0 Å². The molecule has 0 spiro atoms. The molecule has 0 saturated carbocycles. The van der Waals surface area contributed by atoms with Crippen LogP contribution in [0.15, 0.2) is 46.9 Å². The van der Waals surface area contributed by atoms with E-state index < -0.39 is 0 Å². The van der Waals surface area contributed by atoms with E-state index in [1.54, 1.807) is 0 Å². The molecule has 2 heteroatoms. The monoisotopic (exact) mass is 285 g/mol. The Balaban J connectivity index is 2.10. The molecule has 0 bridgehead atoms. The molecular weight excluding hydrogens is 274 g/mol. The van der Waals surface area contributed by atoms with Gasteiger partial charge in [0.15, 0.2) is 0 Å². The summed E-state index contributed by atoms with van der Waals surface area (Å²) in [4.78, 5) is 0. The third-order valence-corrected chi connectivity index (χ3v) is 3.47. The van der Waals surface area contributed by atoms with Crippen molar-refractivity contribution in [2.75, 3.05) is 5.32 Å². The molecule has 3 rings (SSSR count). The predicted molar refractivity (Wildman–Crippen MR) is 76.8 cm³/mol. The molecule has 0 radical (unpaired) electrons. The molecule has 1 N–H and O–H groups in total. The Bertz CT molecular complexity index is 587. The lowest BCUT2D eigenvalue weighted by Crippen LogP contribution is -2.04. The van der Waals surface area contributed by atoms with E-state index in [0.29, 0.717) is 0 Å². The number of anilines is 1. The van der Waals surface area contributed by atoms with Gasteiger partial charge in [-0.25, -0.2) is 0 Å². The molecule has 17 heavy (non-hydrogen) atoms. The number of hydrogen-bond donors (Lipinski definition) is 1. The first-order valence-electron chi connectivity index (χ1n) is 5.62. The lowest BCUT2D eigenvalue weighted by atomic mass is 10.0. The molecule has 1 aliphatic rings. The van der Waals surface area contributed by atoms with Gasteiger partial charge in [0.25, 0.3) is 0 Å². The average molecular weight is 286 g/mol. The zero-order valence-electron chi connectivity index (χ0n) is 9.28. The largest absolute Gasteiger partial charge is 0.380 e. The summed E-state index contributed by atoms with van der Waals surface area (Å²) in [6.45, 7) is 0.865. The molecule has 1 heterocycles. The van der Waals surface area contributed by atoms with Crippen molar-refractivity contribution in [3.05, 3.63) is 63.6 Å². The molecule has 2 aromatic rings. The lowest BCUT2D eigenvalue weighted by molar-refractivity contribution is 1.14. The molecule has 0 aromatic heterocycles. The highest BCUT2D eigenvalue weighted by Crippen LogP contribution is 2.25. The van der Waals surface area contributed by atoms with Crippen LogP contribution in [0.1, 0.15) is 16.7 Å². The van der Waals surface area contributed by atoms with Crippen LogP contribution in [-0.4, -0.2) is 0 Å². The second-order valence-electron chi connectivity index (χ2n) is 4.12. The Morgan fingerprint density at radius 2 is 1.76 bits per heavy atom. The topological polar surface area (TPSA) is 12.0 Å². The van der Waals surface area contributed by atoms with E-state index in [2.05, 4.69) is 75.9 Å². The van der Waals surface area contributed by atoms with E-state index in [0.717, 1.165) is 11.0 Å². The third kappa shape index (κ3) is 2.13. The van der Waals surface area contributed by atoms with Gasteiger partial charge in [-0.2, -0.15) is 0 Å². The number of rotatable bonds is 0. The zero-order valence-corrected chi connectivity index (χ0v) is 10.9. The van der Waals surface area contributed by atoms with Crippen LogP contribution in [0.4, 0.5) is 5.69 Å². The fourth-order valence-corrected chi connectivity index (χ4v) is 2.43. The first-order valence-corrected chi connectivity index (χ1v) is 6.42. The fraction of sp³-hybridized carbons (Fsp3) is 0.0667. The number of halogens is 1. The number of nitrogens with one attached hydrogen (secondary N) is 1. The van der Waals surface area contributed by atoms with Gasteiger partial charge in [0.2, 0.25) is 0 Å². The first kappa shape index (κ1) is 10.6. The number of fused-ring (bicyclic) bond motifs is 2. The number of benzene rings is 2. The van der Waals surface area contributed by atoms with Gasteiger partial charge in [-0.1, -0.05) is 52.3 Å². The summed E-state index contributed by atoms with van der Waals surface area (Å²) in [6.07, 6.45) is 4.34. The molecular formula is C15H12BrN. The van der Waals surface area contributed by atoms with Crippen LogP contribution in [-0.2, 0) is 6.54 Å². The summed E-state index contributed by atoms with van der Waals surface area (Å²) in [5.74, 6) is 0. The summed E-state index contributed by atoms with van der Waals surface area (Å²) in [7, 11) is 0. The standard InChI is InChI=1S/C15H12BrN/c16-14-8-7-13-10-17-15-4-2-1-3-11(15)5-6-12(13)9-14/h1-9,17H,10H2. The molecule has 0 unspecified atom stereocenters. The minimum absolute atomic E-state index is 0.865. The van der Waals surface area contributed by atoms with Gasteiger partial charge >= 0.3 is 0 Å². The molecule has 0 atom stereocenters. The summed E-state index contributed by atoms with van der Waals surface area (Å²) in [6, 6.07) is 14.8. The van der Waals surface area contributed by atoms with Crippen molar-refractivity contribution in [1.29, 1.82) is 0 Å². The van der Waals surface area contributed by atoms with E-state index in [1.165, 1.54) is 22.4 Å². The highest BCUT2D eigenvalue weighted by atomic mass is 79.9. The van der Waals surface area contributed by atoms with Crippen LogP contribution in [0.5, 0.6) is 0 Å². The summed E-state index contributed by atoms with van der Waals surface area (Å²) in [5, 5.41) is 3.47. The average Bonchev–Trinajstić information content (AvgIpc) is 2.33. The predicted octanol–water partition coefficient (Wildman–Crippen LogP) is 4.55. The number of hydrogen-bond acceptors (Lipinski definition) is 1. The second kappa shape index (κ2) is 4.38. The van der Waals surface area contributed by atoms with Gasteiger partial charge in [0, 0.05) is 16.7 Å². The van der Waals surface area contributed by atoms with Crippen LogP contribution in [0.2, 0.25) is 0 Å². The Morgan fingerprint density at radius 3 is 2.71 bits per heavy atom. The van der Waals surface area contributed by atoms with Gasteiger partial charge in [-0.15, -0.1) is 0 Å². The SMILES string of the molecule is Brc1ccc2c(c1)C=Cc1ccccc1NC2. The van der Waals surface area contributed by atoms with Gasteiger partial charge in [-0.05, 0) is 34.9 Å². The van der Waals surface area contributed by atoms with E-state index >= 15 is 0 Å². The minimum Gasteiger partial charge on any atom is -0.380 e. The van der Waals surface area contributed by atoms with E-state index in [4.69, 9.17) is 0 Å². The quantitative estimate of drug-likeness (QED) is 0.749. The second-order valence-corrected chi connectivity index (χ2v) is 5.03. The van der Waals surface area contributed by atoms with Crippen molar-refractivity contribution in [1.82, 2.24) is 0 Å². The van der Waals surface area contributed by atoms with Crippen molar-refractivity contribution in [2.45, 2.75) is 6.54 Å². The van der Waals surface area contributed by atoms with Gasteiger partial charge < -0.3 is 5.32 Å². The molecule has 0 saturated heterocycles. The minimum atomic E-state index is 0.865. The Kier molecular flexibility index (Phi) is 2.73. The Hall–Kier alpha value is -1.54. The Labute approximate surface area is 109 Å². The lowest BCUT2D eigenvalue weighted by Gasteiger charge is -2.15. The maximum Gasteiger partial charge on any atom is 0.0416 e. The van der Waals surface area contributed by atoms with E-state index in [9.17, 15) is 0 Å². The van der Waals surface area contributed by atoms with Crippen molar-refractivity contribution < 1.29 is 0 Å². The van der Waals surface area contributed by atoms with Crippen LogP contribution in [0.25, 0.3) is 12.2 Å². The molecule has 0 aliphatic carbocycles. The molecule has 1 aliphatic heterocycles. The smallest absolute Gasteiger partial charge is 0.0416 e. The molecule has 84 valence electrons. The van der Waals surface area contributed by atoms with E-state index in [1.807, 2.05) is 0 Å². The third-order valence-electron chi connectivity index (χ3n) is 2.98. The molecule has 0 amide bonds.